The number of oxazole rings is 1. The van der Waals surface area contributed by atoms with Crippen LogP contribution in [0.25, 0.3) is 0 Å². The molecule has 0 saturated carbocycles. The number of benzene rings is 2. The van der Waals surface area contributed by atoms with Crippen molar-refractivity contribution in [1.29, 1.82) is 0 Å². The maximum absolute atomic E-state index is 13.5. The van der Waals surface area contributed by atoms with Gasteiger partial charge in [-0.2, -0.15) is 0 Å². The number of ether oxygens (including phenoxy) is 1. The number of amides is 2. The molecule has 0 aliphatic carbocycles. The number of halogens is 1. The van der Waals surface area contributed by atoms with Gasteiger partial charge in [0.05, 0.1) is 6.04 Å². The first kappa shape index (κ1) is 23.5. The molecular weight excluding hydrogens is 437 g/mol. The monoisotopic (exact) mass is 465 g/mol. The van der Waals surface area contributed by atoms with E-state index in [1.807, 2.05) is 32.0 Å². The lowest BCUT2D eigenvalue weighted by Crippen LogP contribution is -2.39. The summed E-state index contributed by atoms with van der Waals surface area (Å²) in [4.78, 5) is 32.4. The summed E-state index contributed by atoms with van der Waals surface area (Å²) >= 11 is 0. The number of hydrogen-bond acceptors (Lipinski definition) is 5. The number of rotatable bonds is 6. The average Bonchev–Trinajstić information content (AvgIpc) is 3.30. The van der Waals surface area contributed by atoms with Gasteiger partial charge in [-0.3, -0.25) is 9.59 Å². The van der Waals surface area contributed by atoms with E-state index >= 15 is 0 Å². The molecule has 0 bridgehead atoms. The van der Waals surface area contributed by atoms with Crippen LogP contribution in [0.4, 0.5) is 4.39 Å². The zero-order chi connectivity index (χ0) is 24.4. The molecule has 0 saturated heterocycles. The molecule has 1 aliphatic rings. The third-order valence-electron chi connectivity index (χ3n) is 6.16. The second-order valence-electron chi connectivity index (χ2n) is 8.70. The van der Waals surface area contributed by atoms with E-state index in [4.69, 9.17) is 9.15 Å². The van der Waals surface area contributed by atoms with Gasteiger partial charge in [0.2, 0.25) is 11.8 Å². The van der Waals surface area contributed by atoms with Crippen LogP contribution in [0, 0.1) is 5.82 Å². The van der Waals surface area contributed by atoms with Crippen LogP contribution < -0.4 is 4.74 Å². The fourth-order valence-corrected chi connectivity index (χ4v) is 4.06. The van der Waals surface area contributed by atoms with E-state index in [9.17, 15) is 14.0 Å². The zero-order valence-electron chi connectivity index (χ0n) is 19.7. The molecule has 34 heavy (non-hydrogen) atoms. The number of fused-ring (bicyclic) bond motifs is 1. The molecule has 0 N–H and O–H groups in total. The Morgan fingerprint density at radius 2 is 1.97 bits per heavy atom. The molecule has 2 heterocycles. The maximum Gasteiger partial charge on any atom is 0.275 e. The second-order valence-corrected chi connectivity index (χ2v) is 8.70. The highest BCUT2D eigenvalue weighted by atomic mass is 19.1. The number of carbonyl (C=O) groups excluding carboxylic acids is 2. The average molecular weight is 466 g/mol. The summed E-state index contributed by atoms with van der Waals surface area (Å²) in [6, 6.07) is 11.7. The van der Waals surface area contributed by atoms with Gasteiger partial charge in [0, 0.05) is 26.6 Å². The lowest BCUT2D eigenvalue weighted by atomic mass is 9.88. The van der Waals surface area contributed by atoms with E-state index in [1.165, 1.54) is 18.4 Å². The minimum absolute atomic E-state index is 0.0445. The summed E-state index contributed by atoms with van der Waals surface area (Å²) in [6.07, 6.45) is 2.06. The van der Waals surface area contributed by atoms with Gasteiger partial charge in [-0.05, 0) is 61.2 Å². The molecule has 3 aromatic rings. The molecule has 0 radical (unpaired) electrons. The van der Waals surface area contributed by atoms with Gasteiger partial charge < -0.3 is 19.0 Å². The minimum atomic E-state index is -0.331. The fraction of sp³-hybridized carbons (Fsp3) is 0.346. The maximum atomic E-state index is 13.5. The van der Waals surface area contributed by atoms with Crippen molar-refractivity contribution in [2.75, 3.05) is 13.6 Å². The highest BCUT2D eigenvalue weighted by molar-refractivity contribution is 5.91. The van der Waals surface area contributed by atoms with Crippen molar-refractivity contribution in [3.05, 3.63) is 82.8 Å². The molecule has 1 aromatic heterocycles. The largest absolute Gasteiger partial charge is 0.484 e. The van der Waals surface area contributed by atoms with Crippen molar-refractivity contribution >= 4 is 11.8 Å². The normalized spacial score (nSPS) is 15.2. The van der Waals surface area contributed by atoms with E-state index in [0.29, 0.717) is 18.2 Å². The summed E-state index contributed by atoms with van der Waals surface area (Å²) in [5.41, 5.74) is 3.11. The Labute approximate surface area is 198 Å². The van der Waals surface area contributed by atoms with Crippen molar-refractivity contribution in [2.24, 2.45) is 0 Å². The van der Waals surface area contributed by atoms with Gasteiger partial charge in [-0.25, -0.2) is 9.37 Å². The number of nitrogens with zero attached hydrogens (tertiary/aromatic N) is 3. The highest BCUT2D eigenvalue weighted by Crippen LogP contribution is 2.37. The second kappa shape index (κ2) is 9.67. The molecule has 7 nitrogen and oxygen atoms in total. The van der Waals surface area contributed by atoms with Crippen LogP contribution in [0.1, 0.15) is 59.9 Å². The molecule has 0 fully saturated rings. The standard InChI is InChI=1S/C26H28FN3O4/c1-16(2)29(4)26(32)23-14-34-24(28-23)15-33-21-10-7-18-11-12-30(17(3)31)25(22(18)13-21)19-5-8-20(27)9-6-19/h5-10,13-14,16,25H,11-12,15H2,1-4H3. The number of hydrogen-bond donors (Lipinski definition) is 0. The van der Waals surface area contributed by atoms with E-state index < -0.39 is 0 Å². The first-order chi connectivity index (χ1) is 16.2. The first-order valence-electron chi connectivity index (χ1n) is 11.2. The zero-order valence-corrected chi connectivity index (χ0v) is 19.7. The Hall–Kier alpha value is -3.68. The summed E-state index contributed by atoms with van der Waals surface area (Å²) in [5.74, 6) is 0.287. The molecule has 178 valence electrons. The van der Waals surface area contributed by atoms with Crippen molar-refractivity contribution in [2.45, 2.75) is 45.9 Å². The Bertz CT molecular complexity index is 1190. The van der Waals surface area contributed by atoms with Crippen molar-refractivity contribution < 1.29 is 23.1 Å². The first-order valence-corrected chi connectivity index (χ1v) is 11.2. The molecule has 1 atom stereocenters. The van der Waals surface area contributed by atoms with Crippen LogP contribution >= 0.6 is 0 Å². The molecular formula is C26H28FN3O4. The van der Waals surface area contributed by atoms with Gasteiger partial charge in [0.25, 0.3) is 5.91 Å². The predicted molar refractivity (Wildman–Crippen MR) is 124 cm³/mol. The van der Waals surface area contributed by atoms with Gasteiger partial charge in [-0.15, -0.1) is 0 Å². The van der Waals surface area contributed by atoms with Crippen LogP contribution in [0.3, 0.4) is 0 Å². The van der Waals surface area contributed by atoms with E-state index in [-0.39, 0.29) is 42.0 Å². The van der Waals surface area contributed by atoms with Gasteiger partial charge in [0.1, 0.15) is 17.8 Å². The molecule has 0 spiro atoms. The van der Waals surface area contributed by atoms with Crippen molar-refractivity contribution in [3.8, 4) is 5.75 Å². The SMILES string of the molecule is CC(=O)N1CCc2ccc(OCc3nc(C(=O)N(C)C(C)C)co3)cc2C1c1ccc(F)cc1. The number of aromatic nitrogens is 1. The summed E-state index contributed by atoms with van der Waals surface area (Å²) in [7, 11) is 1.72. The molecule has 2 amide bonds. The van der Waals surface area contributed by atoms with Crippen LogP contribution in [0.5, 0.6) is 5.75 Å². The predicted octanol–water partition coefficient (Wildman–Crippen LogP) is 4.37. The highest BCUT2D eigenvalue weighted by Gasteiger charge is 2.31. The summed E-state index contributed by atoms with van der Waals surface area (Å²) in [6.45, 7) is 6.02. The molecule has 2 aromatic carbocycles. The van der Waals surface area contributed by atoms with Gasteiger partial charge >= 0.3 is 0 Å². The van der Waals surface area contributed by atoms with Crippen LogP contribution in [0.15, 0.2) is 53.1 Å². The third kappa shape index (κ3) is 4.81. The Kier molecular flexibility index (Phi) is 6.68. The van der Waals surface area contributed by atoms with E-state index in [1.54, 1.807) is 35.9 Å². The molecule has 1 aliphatic heterocycles. The van der Waals surface area contributed by atoms with Crippen molar-refractivity contribution in [1.82, 2.24) is 14.8 Å². The lowest BCUT2D eigenvalue weighted by Gasteiger charge is -2.37. The molecule has 1 unspecified atom stereocenters. The summed E-state index contributed by atoms with van der Waals surface area (Å²) in [5, 5.41) is 0. The van der Waals surface area contributed by atoms with Crippen molar-refractivity contribution in [3.63, 3.8) is 0 Å². The lowest BCUT2D eigenvalue weighted by molar-refractivity contribution is -0.130. The van der Waals surface area contributed by atoms with E-state index in [2.05, 4.69) is 4.98 Å². The molecule has 8 heteroatoms. The van der Waals surface area contributed by atoms with Crippen LogP contribution in [-0.4, -0.2) is 46.2 Å². The minimum Gasteiger partial charge on any atom is -0.484 e. The summed E-state index contributed by atoms with van der Waals surface area (Å²) < 4.78 is 24.9. The Morgan fingerprint density at radius 3 is 2.65 bits per heavy atom. The van der Waals surface area contributed by atoms with Gasteiger partial charge in [-0.1, -0.05) is 18.2 Å². The quantitative estimate of drug-likeness (QED) is 0.541. The Balaban J connectivity index is 1.55. The smallest absolute Gasteiger partial charge is 0.275 e. The van der Waals surface area contributed by atoms with Crippen LogP contribution in [-0.2, 0) is 17.8 Å². The third-order valence-corrected chi connectivity index (χ3v) is 6.16. The number of carbonyl (C=O) groups is 2. The Morgan fingerprint density at radius 1 is 1.24 bits per heavy atom. The topological polar surface area (TPSA) is 75.9 Å². The molecule has 4 rings (SSSR count). The van der Waals surface area contributed by atoms with Gasteiger partial charge in [0.15, 0.2) is 12.3 Å². The van der Waals surface area contributed by atoms with E-state index in [0.717, 1.165) is 23.1 Å². The fourth-order valence-electron chi connectivity index (χ4n) is 4.06. The van der Waals surface area contributed by atoms with Crippen LogP contribution in [0.2, 0.25) is 0 Å².